The second-order valence-electron chi connectivity index (χ2n) is 15.0. The molecule has 1 saturated heterocycles. The van der Waals surface area contributed by atoms with Crippen LogP contribution >= 0.6 is 7.82 Å². The highest BCUT2D eigenvalue weighted by atomic mass is 31.2. The second kappa shape index (κ2) is 29.9. The number of carbonyl (C=O) groups is 2. The molecule has 0 N–H and O–H groups in total. The number of allylic oxidation sites excluding steroid dienone is 3. The van der Waals surface area contributed by atoms with Gasteiger partial charge in [0.05, 0.1) is 40.0 Å². The van der Waals surface area contributed by atoms with Gasteiger partial charge in [0.1, 0.15) is 19.8 Å². The van der Waals surface area contributed by atoms with Crippen LogP contribution in [0.4, 0.5) is 0 Å². The summed E-state index contributed by atoms with van der Waals surface area (Å²) in [6, 6.07) is 0. The highest BCUT2D eigenvalue weighted by Gasteiger charge is 2.36. The van der Waals surface area contributed by atoms with Crippen LogP contribution in [0, 0.1) is 0 Å². The van der Waals surface area contributed by atoms with Crippen molar-refractivity contribution in [1.29, 1.82) is 0 Å². The van der Waals surface area contributed by atoms with Gasteiger partial charge in [-0.15, -0.1) is 0 Å². The lowest BCUT2D eigenvalue weighted by Crippen LogP contribution is -2.37. The van der Waals surface area contributed by atoms with Gasteiger partial charge >= 0.3 is 11.9 Å². The van der Waals surface area contributed by atoms with Crippen molar-refractivity contribution in [2.24, 2.45) is 0 Å². The lowest BCUT2D eigenvalue weighted by molar-refractivity contribution is -0.870. The first kappa shape index (κ1) is 47.5. The molecule has 51 heavy (non-hydrogen) atoms. The van der Waals surface area contributed by atoms with Crippen LogP contribution in [0.15, 0.2) is 24.3 Å². The Morgan fingerprint density at radius 1 is 0.706 bits per heavy atom. The molecular weight excluding hydrogens is 669 g/mol. The van der Waals surface area contributed by atoms with Gasteiger partial charge in [-0.25, -0.2) is 0 Å². The number of hydrogen-bond donors (Lipinski definition) is 0. The molecule has 0 aromatic carbocycles. The third kappa shape index (κ3) is 30.6. The molecule has 0 amide bonds. The number of hydrogen-bond acceptors (Lipinski definition) is 9. The van der Waals surface area contributed by atoms with Crippen LogP contribution in [0.3, 0.4) is 0 Å². The van der Waals surface area contributed by atoms with Crippen LogP contribution in [0.5, 0.6) is 0 Å². The Bertz CT molecular complexity index is 997. The van der Waals surface area contributed by atoms with Crippen LogP contribution in [0.2, 0.25) is 0 Å². The zero-order chi connectivity index (χ0) is 37.6. The zero-order valence-electron chi connectivity index (χ0n) is 33.0. The van der Waals surface area contributed by atoms with Crippen molar-refractivity contribution in [2.45, 2.75) is 173 Å². The molecule has 0 saturated carbocycles. The van der Waals surface area contributed by atoms with Crippen LogP contribution in [0.25, 0.3) is 0 Å². The first-order valence-corrected chi connectivity index (χ1v) is 21.6. The number of phosphoric ester groups is 1. The first-order chi connectivity index (χ1) is 24.5. The molecule has 1 heterocycles. The number of esters is 2. The monoisotopic (exact) mass is 744 g/mol. The van der Waals surface area contributed by atoms with Gasteiger partial charge in [0.15, 0.2) is 6.10 Å². The third-order valence-corrected chi connectivity index (χ3v) is 9.83. The minimum atomic E-state index is -4.63. The number of phosphoric acid groups is 1. The average Bonchev–Trinajstić information content (AvgIpc) is 3.83. The van der Waals surface area contributed by atoms with Crippen molar-refractivity contribution >= 4 is 19.8 Å². The number of rotatable bonds is 35. The summed E-state index contributed by atoms with van der Waals surface area (Å²) in [5.41, 5.74) is 0. The molecule has 1 aliphatic heterocycles. The smallest absolute Gasteiger partial charge is 0.306 e. The minimum Gasteiger partial charge on any atom is -0.756 e. The molecule has 0 aliphatic carbocycles. The maximum atomic E-state index is 12.6. The summed E-state index contributed by atoms with van der Waals surface area (Å²) in [7, 11) is 1.14. The molecule has 1 fully saturated rings. The molecule has 0 aromatic rings. The predicted molar refractivity (Wildman–Crippen MR) is 203 cm³/mol. The van der Waals surface area contributed by atoms with E-state index in [-0.39, 0.29) is 26.1 Å². The minimum absolute atomic E-state index is 0.0375. The second-order valence-corrected chi connectivity index (χ2v) is 16.4. The van der Waals surface area contributed by atoms with Gasteiger partial charge in [-0.2, -0.15) is 0 Å². The summed E-state index contributed by atoms with van der Waals surface area (Å²) >= 11 is 0. The molecule has 1 rings (SSSR count). The largest absolute Gasteiger partial charge is 0.756 e. The molecule has 4 atom stereocenters. The molecule has 11 heteroatoms. The Morgan fingerprint density at radius 3 is 1.94 bits per heavy atom. The average molecular weight is 744 g/mol. The highest BCUT2D eigenvalue weighted by molar-refractivity contribution is 7.45. The Balaban J connectivity index is 2.33. The van der Waals surface area contributed by atoms with E-state index in [1.54, 1.807) is 0 Å². The fraction of sp³-hybridized carbons (Fsp3) is 0.850. The van der Waals surface area contributed by atoms with Crippen molar-refractivity contribution in [3.8, 4) is 0 Å². The zero-order valence-corrected chi connectivity index (χ0v) is 33.9. The van der Waals surface area contributed by atoms with Gasteiger partial charge in [0.2, 0.25) is 0 Å². The molecule has 0 radical (unpaired) electrons. The van der Waals surface area contributed by atoms with Crippen LogP contribution in [-0.4, -0.2) is 82.2 Å². The van der Waals surface area contributed by atoms with Gasteiger partial charge in [-0.05, 0) is 57.8 Å². The quantitative estimate of drug-likeness (QED) is 0.0156. The van der Waals surface area contributed by atoms with E-state index in [0.29, 0.717) is 36.1 Å². The molecule has 298 valence electrons. The summed E-state index contributed by atoms with van der Waals surface area (Å²) in [6.45, 7) is 4.10. The maximum Gasteiger partial charge on any atom is 0.306 e. The van der Waals surface area contributed by atoms with E-state index >= 15 is 0 Å². The summed E-state index contributed by atoms with van der Waals surface area (Å²) in [4.78, 5) is 37.4. The van der Waals surface area contributed by atoms with E-state index in [2.05, 4.69) is 38.2 Å². The molecule has 0 bridgehead atoms. The SMILES string of the molecule is CCCC/C=C\CCCCCCCC(=O)OC[C@H](COP(=O)([O-])OCC[N+](C)(C)C)OC(=O)CCCCCCCC1OC1C/C=C\CCCCC. The number of unbranched alkanes of at least 4 members (excludes halogenated alkanes) is 14. The molecule has 1 aliphatic rings. The van der Waals surface area contributed by atoms with E-state index in [1.807, 2.05) is 21.1 Å². The molecule has 0 aromatic heterocycles. The number of carbonyl (C=O) groups excluding carboxylic acids is 2. The van der Waals surface area contributed by atoms with Crippen LogP contribution in [-0.2, 0) is 37.4 Å². The van der Waals surface area contributed by atoms with Gasteiger partial charge in [-0.3, -0.25) is 14.2 Å². The normalized spacial score (nSPS) is 17.9. The van der Waals surface area contributed by atoms with Gasteiger partial charge in [0.25, 0.3) is 7.82 Å². The van der Waals surface area contributed by atoms with E-state index in [0.717, 1.165) is 83.5 Å². The Hall–Kier alpha value is -1.55. The van der Waals surface area contributed by atoms with E-state index in [4.69, 9.17) is 23.3 Å². The first-order valence-electron chi connectivity index (χ1n) is 20.2. The summed E-state index contributed by atoms with van der Waals surface area (Å²) in [5, 5.41) is 0. The Labute approximate surface area is 311 Å². The fourth-order valence-electron chi connectivity index (χ4n) is 5.52. The Morgan fingerprint density at radius 2 is 1.27 bits per heavy atom. The number of likely N-dealkylation sites (N-methyl/N-ethyl adjacent to an activating group) is 1. The Kier molecular flexibility index (Phi) is 27.8. The highest BCUT2D eigenvalue weighted by Crippen LogP contribution is 2.38. The van der Waals surface area contributed by atoms with Crippen molar-refractivity contribution < 1.29 is 46.8 Å². The standard InChI is InChI=1S/C40H74NO9P/c1-6-8-10-12-14-15-16-17-18-22-26-30-39(42)46-34-36(35-48-51(44,45)47-33-32-41(3,4)5)49-40(43)31-27-23-19-21-25-29-38-37(50-38)28-24-20-13-11-9-7-2/h12,14,20,24,36-38H,6-11,13,15-19,21-23,25-35H2,1-5H3/b14-12-,24-20-/t36-,37?,38?/m1/s1. The molecular formula is C40H74NO9P. The molecule has 10 nitrogen and oxygen atoms in total. The lowest BCUT2D eigenvalue weighted by Gasteiger charge is -2.28. The van der Waals surface area contributed by atoms with Crippen molar-refractivity contribution in [3.05, 3.63) is 24.3 Å². The predicted octanol–water partition coefficient (Wildman–Crippen LogP) is 9.15. The third-order valence-electron chi connectivity index (χ3n) is 8.87. The van der Waals surface area contributed by atoms with Gasteiger partial charge < -0.3 is 32.6 Å². The maximum absolute atomic E-state index is 12.6. The van der Waals surface area contributed by atoms with Crippen LogP contribution < -0.4 is 4.89 Å². The number of epoxide rings is 1. The van der Waals surface area contributed by atoms with Crippen molar-refractivity contribution in [1.82, 2.24) is 0 Å². The van der Waals surface area contributed by atoms with Crippen molar-refractivity contribution in [3.63, 3.8) is 0 Å². The topological polar surface area (TPSA) is 124 Å². The molecule has 3 unspecified atom stereocenters. The summed E-state index contributed by atoms with van der Waals surface area (Å²) in [5.74, 6) is -0.871. The number of quaternary nitrogens is 1. The lowest BCUT2D eigenvalue weighted by atomic mass is 10.1. The van der Waals surface area contributed by atoms with E-state index in [1.165, 1.54) is 32.1 Å². The molecule has 0 spiro atoms. The number of ether oxygens (including phenoxy) is 3. The van der Waals surface area contributed by atoms with Crippen LogP contribution in [0.1, 0.15) is 155 Å². The van der Waals surface area contributed by atoms with E-state index in [9.17, 15) is 19.0 Å². The van der Waals surface area contributed by atoms with Gasteiger partial charge in [0, 0.05) is 12.8 Å². The number of nitrogens with zero attached hydrogens (tertiary/aromatic N) is 1. The summed E-state index contributed by atoms with van der Waals surface area (Å²) in [6.07, 6.45) is 30.8. The van der Waals surface area contributed by atoms with E-state index < -0.39 is 32.5 Å². The van der Waals surface area contributed by atoms with Gasteiger partial charge in [-0.1, -0.05) is 109 Å². The van der Waals surface area contributed by atoms with Crippen molar-refractivity contribution in [2.75, 3.05) is 47.5 Å². The fourth-order valence-corrected chi connectivity index (χ4v) is 6.25. The summed E-state index contributed by atoms with van der Waals surface area (Å²) < 4.78 is 39.6.